The fourth-order valence-corrected chi connectivity index (χ4v) is 2.06. The molecular formula is C8H12F3NO3. The molecule has 1 unspecified atom stereocenters. The minimum absolute atomic E-state index is 0.155. The highest BCUT2D eigenvalue weighted by Gasteiger charge is 2.61. The van der Waals surface area contributed by atoms with Gasteiger partial charge in [-0.05, 0) is 12.8 Å². The van der Waals surface area contributed by atoms with E-state index in [0.717, 1.165) is 0 Å². The Morgan fingerprint density at radius 3 is 2.07 bits per heavy atom. The molecule has 1 rings (SSSR count). The second kappa shape index (κ2) is 3.96. The number of alkyl halides is 3. The summed E-state index contributed by atoms with van der Waals surface area (Å²) in [7, 11) is 0. The SMILES string of the molecule is O=[N+]([O-])C(C(F)(F)F)C1(O)CCCCC1. The van der Waals surface area contributed by atoms with E-state index in [0.29, 0.717) is 19.3 Å². The maximum Gasteiger partial charge on any atom is 0.460 e. The van der Waals surface area contributed by atoms with Gasteiger partial charge in [0.2, 0.25) is 0 Å². The van der Waals surface area contributed by atoms with Gasteiger partial charge in [-0.15, -0.1) is 0 Å². The summed E-state index contributed by atoms with van der Waals surface area (Å²) in [6, 6.07) is -2.86. The number of nitrogens with zero attached hydrogens (tertiary/aromatic N) is 1. The highest BCUT2D eigenvalue weighted by atomic mass is 19.4. The lowest BCUT2D eigenvalue weighted by Gasteiger charge is -2.34. The molecule has 88 valence electrons. The van der Waals surface area contributed by atoms with Crippen LogP contribution in [0.2, 0.25) is 0 Å². The molecule has 0 amide bonds. The third-order valence-corrected chi connectivity index (χ3v) is 2.75. The molecule has 1 fully saturated rings. The Morgan fingerprint density at radius 2 is 1.73 bits per heavy atom. The van der Waals surface area contributed by atoms with Crippen molar-refractivity contribution in [3.05, 3.63) is 10.1 Å². The van der Waals surface area contributed by atoms with Crippen LogP contribution in [0, 0.1) is 10.1 Å². The maximum absolute atomic E-state index is 12.4. The average Bonchev–Trinajstić information content (AvgIpc) is 2.00. The van der Waals surface area contributed by atoms with Crippen LogP contribution in [0.15, 0.2) is 0 Å². The fraction of sp³-hybridized carbons (Fsp3) is 1.00. The van der Waals surface area contributed by atoms with E-state index in [9.17, 15) is 28.4 Å². The molecule has 0 bridgehead atoms. The van der Waals surface area contributed by atoms with Crippen molar-refractivity contribution in [1.82, 2.24) is 0 Å². The van der Waals surface area contributed by atoms with Crippen molar-refractivity contribution in [1.29, 1.82) is 0 Å². The van der Waals surface area contributed by atoms with Crippen LogP contribution >= 0.6 is 0 Å². The molecule has 0 spiro atoms. The van der Waals surface area contributed by atoms with Crippen LogP contribution in [-0.2, 0) is 0 Å². The van der Waals surface area contributed by atoms with Gasteiger partial charge in [0, 0.05) is 4.92 Å². The Bertz CT molecular complexity index is 248. The first kappa shape index (κ1) is 12.2. The first-order valence-electron chi connectivity index (χ1n) is 4.70. The van der Waals surface area contributed by atoms with E-state index < -0.39 is 22.7 Å². The normalized spacial score (nSPS) is 23.5. The molecule has 0 aliphatic heterocycles. The lowest BCUT2D eigenvalue weighted by molar-refractivity contribution is -0.586. The number of hydrogen-bond acceptors (Lipinski definition) is 3. The molecule has 0 radical (unpaired) electrons. The van der Waals surface area contributed by atoms with Crippen LogP contribution in [-0.4, -0.2) is 27.8 Å². The summed E-state index contributed by atoms with van der Waals surface area (Å²) in [5.74, 6) is 0. The summed E-state index contributed by atoms with van der Waals surface area (Å²) in [6.45, 7) is 0. The Kier molecular flexibility index (Phi) is 3.22. The zero-order valence-corrected chi connectivity index (χ0v) is 7.96. The molecule has 0 aromatic heterocycles. The van der Waals surface area contributed by atoms with Gasteiger partial charge in [-0.3, -0.25) is 10.1 Å². The Balaban J connectivity index is 2.92. The molecule has 15 heavy (non-hydrogen) atoms. The van der Waals surface area contributed by atoms with E-state index in [4.69, 9.17) is 0 Å². The molecule has 0 aromatic carbocycles. The van der Waals surface area contributed by atoms with E-state index in [1.54, 1.807) is 0 Å². The van der Waals surface area contributed by atoms with Crippen LogP contribution in [0.1, 0.15) is 32.1 Å². The summed E-state index contributed by atoms with van der Waals surface area (Å²) in [4.78, 5) is 8.95. The summed E-state index contributed by atoms with van der Waals surface area (Å²) in [5.41, 5.74) is -2.22. The molecule has 1 N–H and O–H groups in total. The molecule has 1 aliphatic rings. The summed E-state index contributed by atoms with van der Waals surface area (Å²) in [5, 5.41) is 20.1. The monoisotopic (exact) mass is 227 g/mol. The van der Waals surface area contributed by atoms with Gasteiger partial charge in [0.1, 0.15) is 5.60 Å². The number of nitro groups is 1. The van der Waals surface area contributed by atoms with Crippen LogP contribution in [0.4, 0.5) is 13.2 Å². The van der Waals surface area contributed by atoms with Crippen molar-refractivity contribution >= 4 is 0 Å². The van der Waals surface area contributed by atoms with Crippen LogP contribution < -0.4 is 0 Å². The highest BCUT2D eigenvalue weighted by Crippen LogP contribution is 2.39. The Morgan fingerprint density at radius 1 is 1.27 bits per heavy atom. The average molecular weight is 227 g/mol. The predicted octanol–water partition coefficient (Wildman–Crippen LogP) is 1.89. The quantitative estimate of drug-likeness (QED) is 0.578. The second-order valence-corrected chi connectivity index (χ2v) is 3.89. The van der Waals surface area contributed by atoms with Gasteiger partial charge < -0.3 is 5.11 Å². The topological polar surface area (TPSA) is 63.4 Å². The van der Waals surface area contributed by atoms with Crippen molar-refractivity contribution in [2.24, 2.45) is 0 Å². The van der Waals surface area contributed by atoms with Crippen LogP contribution in [0.5, 0.6) is 0 Å². The van der Waals surface area contributed by atoms with Crippen molar-refractivity contribution in [3.8, 4) is 0 Å². The summed E-state index contributed by atoms with van der Waals surface area (Å²) >= 11 is 0. The zero-order chi connectivity index (χ0) is 11.7. The van der Waals surface area contributed by atoms with Crippen molar-refractivity contribution in [2.45, 2.75) is 49.9 Å². The molecule has 0 aromatic rings. The van der Waals surface area contributed by atoms with Gasteiger partial charge in [-0.25, -0.2) is 0 Å². The molecule has 1 atom stereocenters. The van der Waals surface area contributed by atoms with Gasteiger partial charge in [0.15, 0.2) is 0 Å². The molecule has 1 aliphatic carbocycles. The van der Waals surface area contributed by atoms with Gasteiger partial charge in [0.25, 0.3) is 0 Å². The smallest absolute Gasteiger partial charge is 0.382 e. The first-order chi connectivity index (χ1) is 6.77. The number of rotatable bonds is 2. The zero-order valence-electron chi connectivity index (χ0n) is 7.96. The maximum atomic E-state index is 12.4. The fourth-order valence-electron chi connectivity index (χ4n) is 2.06. The molecule has 1 saturated carbocycles. The molecule has 0 heterocycles. The van der Waals surface area contributed by atoms with Crippen LogP contribution in [0.3, 0.4) is 0 Å². The van der Waals surface area contributed by atoms with Gasteiger partial charge in [0.05, 0.1) is 0 Å². The largest absolute Gasteiger partial charge is 0.460 e. The van der Waals surface area contributed by atoms with Crippen molar-refractivity contribution in [2.75, 3.05) is 0 Å². The molecule has 7 heteroatoms. The summed E-state index contributed by atoms with van der Waals surface area (Å²) < 4.78 is 37.2. The molecule has 4 nitrogen and oxygen atoms in total. The first-order valence-corrected chi connectivity index (χ1v) is 4.70. The predicted molar refractivity (Wildman–Crippen MR) is 44.9 cm³/mol. The van der Waals surface area contributed by atoms with Gasteiger partial charge in [-0.1, -0.05) is 19.3 Å². The number of halogens is 3. The van der Waals surface area contributed by atoms with E-state index >= 15 is 0 Å². The minimum Gasteiger partial charge on any atom is -0.382 e. The molecular weight excluding hydrogens is 215 g/mol. The Labute approximate surface area is 84.2 Å². The van der Waals surface area contributed by atoms with Gasteiger partial charge >= 0.3 is 12.2 Å². The van der Waals surface area contributed by atoms with E-state index in [-0.39, 0.29) is 12.8 Å². The van der Waals surface area contributed by atoms with Crippen LogP contribution in [0.25, 0.3) is 0 Å². The number of hydrogen-bond donors (Lipinski definition) is 1. The minimum atomic E-state index is -4.99. The van der Waals surface area contributed by atoms with Crippen molar-refractivity contribution < 1.29 is 23.2 Å². The van der Waals surface area contributed by atoms with Gasteiger partial charge in [-0.2, -0.15) is 13.2 Å². The van der Waals surface area contributed by atoms with E-state index in [2.05, 4.69) is 0 Å². The third-order valence-electron chi connectivity index (χ3n) is 2.75. The van der Waals surface area contributed by atoms with E-state index in [1.165, 1.54) is 0 Å². The molecule has 0 saturated heterocycles. The lowest BCUT2D eigenvalue weighted by atomic mass is 9.79. The second-order valence-electron chi connectivity index (χ2n) is 3.89. The standard InChI is InChI=1S/C8H12F3NO3/c9-8(10,11)6(12(14)15)7(13)4-2-1-3-5-7/h6,13H,1-5H2. The highest BCUT2D eigenvalue weighted by molar-refractivity contribution is 4.93. The Hall–Kier alpha value is -0.850. The third kappa shape index (κ3) is 2.58. The van der Waals surface area contributed by atoms with Crippen molar-refractivity contribution in [3.63, 3.8) is 0 Å². The van der Waals surface area contributed by atoms with E-state index in [1.807, 2.05) is 0 Å². The summed E-state index contributed by atoms with van der Waals surface area (Å²) in [6.07, 6.45) is -3.79. The number of aliphatic hydroxyl groups is 1. The lowest BCUT2D eigenvalue weighted by Crippen LogP contribution is -2.56.